The number of aromatic nitrogens is 2. The van der Waals surface area contributed by atoms with E-state index in [1.807, 2.05) is 24.3 Å². The second kappa shape index (κ2) is 9.84. The second-order valence-corrected chi connectivity index (χ2v) is 8.23. The molecular weight excluding hydrogens is 372 g/mol. The van der Waals surface area contributed by atoms with Gasteiger partial charge in [0.05, 0.1) is 18.1 Å². The summed E-state index contributed by atoms with van der Waals surface area (Å²) in [5, 5.41) is 0. The van der Waals surface area contributed by atoms with Crippen LogP contribution in [0.25, 0.3) is 11.0 Å². The van der Waals surface area contributed by atoms with Crippen molar-refractivity contribution in [2.75, 3.05) is 7.11 Å². The molecule has 158 valence electrons. The number of benzene rings is 2. The summed E-state index contributed by atoms with van der Waals surface area (Å²) in [6.07, 6.45) is 10.8. The number of rotatable bonds is 9. The van der Waals surface area contributed by atoms with Gasteiger partial charge in [0, 0.05) is 6.54 Å². The van der Waals surface area contributed by atoms with Gasteiger partial charge in [0.15, 0.2) is 11.5 Å². The Hall–Kier alpha value is -2.75. The Bertz CT molecular complexity index is 986. The van der Waals surface area contributed by atoms with Crippen molar-refractivity contribution in [1.82, 2.24) is 9.55 Å². The Morgan fingerprint density at radius 1 is 1.10 bits per heavy atom. The Morgan fingerprint density at radius 3 is 2.73 bits per heavy atom. The largest absolute Gasteiger partial charge is 0.493 e. The van der Waals surface area contributed by atoms with Gasteiger partial charge in [-0.1, -0.05) is 56.4 Å². The van der Waals surface area contributed by atoms with Crippen LogP contribution in [0.15, 0.2) is 55.1 Å². The van der Waals surface area contributed by atoms with E-state index in [2.05, 4.69) is 35.4 Å². The summed E-state index contributed by atoms with van der Waals surface area (Å²) in [7, 11) is 1.68. The minimum absolute atomic E-state index is 0.427. The highest BCUT2D eigenvalue weighted by Crippen LogP contribution is 2.30. The zero-order chi connectivity index (χ0) is 20.8. The summed E-state index contributed by atoms with van der Waals surface area (Å²) < 4.78 is 14.1. The van der Waals surface area contributed by atoms with Crippen LogP contribution in [0.2, 0.25) is 0 Å². The number of hydrogen-bond donors (Lipinski definition) is 0. The van der Waals surface area contributed by atoms with E-state index in [9.17, 15) is 0 Å². The lowest BCUT2D eigenvalue weighted by Gasteiger charge is -2.22. The smallest absolute Gasteiger partial charge is 0.161 e. The van der Waals surface area contributed by atoms with Crippen LogP contribution in [0.4, 0.5) is 0 Å². The molecule has 1 aromatic heterocycles. The summed E-state index contributed by atoms with van der Waals surface area (Å²) in [5.41, 5.74) is 3.39. The highest BCUT2D eigenvalue weighted by Gasteiger charge is 2.17. The fourth-order valence-electron chi connectivity index (χ4n) is 4.54. The molecule has 2 aromatic carbocycles. The first-order valence-electron chi connectivity index (χ1n) is 11.1. The third kappa shape index (κ3) is 4.69. The number of allylic oxidation sites excluding steroid dienone is 1. The van der Waals surface area contributed by atoms with Gasteiger partial charge in [0.2, 0.25) is 0 Å². The maximum absolute atomic E-state index is 6.18. The number of methoxy groups -OCH3 is 1. The van der Waals surface area contributed by atoms with Gasteiger partial charge >= 0.3 is 0 Å². The molecule has 0 bridgehead atoms. The zero-order valence-electron chi connectivity index (χ0n) is 18.0. The van der Waals surface area contributed by atoms with Crippen molar-refractivity contribution in [2.45, 2.75) is 58.1 Å². The molecule has 0 unspecified atom stereocenters. The molecule has 30 heavy (non-hydrogen) atoms. The van der Waals surface area contributed by atoms with Crippen molar-refractivity contribution in [1.29, 1.82) is 0 Å². The van der Waals surface area contributed by atoms with E-state index in [1.54, 1.807) is 7.11 Å². The molecule has 4 nitrogen and oxygen atoms in total. The quantitative estimate of drug-likeness (QED) is 0.391. The van der Waals surface area contributed by atoms with E-state index >= 15 is 0 Å². The fourth-order valence-corrected chi connectivity index (χ4v) is 4.54. The number of nitrogens with zero attached hydrogens (tertiary/aromatic N) is 2. The van der Waals surface area contributed by atoms with Crippen LogP contribution in [-0.2, 0) is 19.6 Å². The van der Waals surface area contributed by atoms with Crippen LogP contribution < -0.4 is 9.47 Å². The summed E-state index contributed by atoms with van der Waals surface area (Å²) in [4.78, 5) is 4.88. The molecule has 4 heteroatoms. The van der Waals surface area contributed by atoms with Crippen molar-refractivity contribution in [3.05, 3.63) is 66.5 Å². The van der Waals surface area contributed by atoms with Crippen LogP contribution in [0, 0.1) is 5.92 Å². The Balaban J connectivity index is 1.52. The molecule has 0 spiro atoms. The molecule has 0 N–H and O–H groups in total. The molecule has 0 amide bonds. The van der Waals surface area contributed by atoms with Crippen molar-refractivity contribution >= 4 is 11.0 Å². The summed E-state index contributed by atoms with van der Waals surface area (Å²) in [6.45, 7) is 5.23. The first-order valence-corrected chi connectivity index (χ1v) is 11.1. The lowest BCUT2D eigenvalue weighted by Crippen LogP contribution is -2.13. The van der Waals surface area contributed by atoms with Crippen LogP contribution in [0.3, 0.4) is 0 Å². The topological polar surface area (TPSA) is 36.3 Å². The predicted octanol–water partition coefficient (Wildman–Crippen LogP) is 6.32. The van der Waals surface area contributed by atoms with Gasteiger partial charge in [-0.15, -0.1) is 6.58 Å². The molecular formula is C26H32N2O2. The standard InChI is InChI=1S/C26H32N2O2/c1-3-9-21-14-15-24(25(18-21)29-2)30-19-26-27-22-12-7-8-13-23(22)28(26)17-16-20-10-5-4-6-11-20/h3,7-8,12-15,18,20H,1,4-6,9-11,16-17,19H2,2H3. The molecule has 4 rings (SSSR count). The van der Waals surface area contributed by atoms with Crippen LogP contribution in [0.1, 0.15) is 49.9 Å². The number of aryl methyl sites for hydroxylation is 1. The molecule has 1 aliphatic rings. The van der Waals surface area contributed by atoms with E-state index in [4.69, 9.17) is 14.5 Å². The fraction of sp³-hybridized carbons (Fsp3) is 0.423. The molecule has 1 fully saturated rings. The van der Waals surface area contributed by atoms with Gasteiger partial charge in [-0.05, 0) is 48.6 Å². The van der Waals surface area contributed by atoms with Crippen LogP contribution in [0.5, 0.6) is 11.5 Å². The molecule has 1 aliphatic carbocycles. The van der Waals surface area contributed by atoms with Gasteiger partial charge in [-0.2, -0.15) is 0 Å². The minimum Gasteiger partial charge on any atom is -0.493 e. The maximum Gasteiger partial charge on any atom is 0.161 e. The first-order chi connectivity index (χ1) is 14.8. The monoisotopic (exact) mass is 404 g/mol. The second-order valence-electron chi connectivity index (χ2n) is 8.23. The lowest BCUT2D eigenvalue weighted by atomic mass is 9.87. The Kier molecular flexibility index (Phi) is 6.73. The van der Waals surface area contributed by atoms with Crippen LogP contribution in [-0.4, -0.2) is 16.7 Å². The minimum atomic E-state index is 0.427. The van der Waals surface area contributed by atoms with Gasteiger partial charge in [0.25, 0.3) is 0 Å². The van der Waals surface area contributed by atoms with Crippen molar-refractivity contribution in [3.63, 3.8) is 0 Å². The third-order valence-electron chi connectivity index (χ3n) is 6.18. The molecule has 1 heterocycles. The predicted molar refractivity (Wildman–Crippen MR) is 122 cm³/mol. The van der Waals surface area contributed by atoms with E-state index < -0.39 is 0 Å². The molecule has 0 atom stereocenters. The van der Waals surface area contributed by atoms with E-state index in [0.29, 0.717) is 6.61 Å². The highest BCUT2D eigenvalue weighted by molar-refractivity contribution is 5.75. The van der Waals surface area contributed by atoms with Gasteiger partial charge in [0.1, 0.15) is 12.4 Å². The summed E-state index contributed by atoms with van der Waals surface area (Å²) in [6, 6.07) is 14.4. The van der Waals surface area contributed by atoms with Crippen molar-refractivity contribution in [2.24, 2.45) is 5.92 Å². The average molecular weight is 405 g/mol. The normalized spacial score (nSPS) is 14.7. The van der Waals surface area contributed by atoms with Gasteiger partial charge in [-0.25, -0.2) is 4.98 Å². The first kappa shape index (κ1) is 20.5. The molecule has 0 saturated heterocycles. The third-order valence-corrected chi connectivity index (χ3v) is 6.18. The number of imidazole rings is 1. The van der Waals surface area contributed by atoms with E-state index in [0.717, 1.165) is 47.3 Å². The van der Waals surface area contributed by atoms with Gasteiger partial charge < -0.3 is 14.0 Å². The summed E-state index contributed by atoms with van der Waals surface area (Å²) >= 11 is 0. The molecule has 0 radical (unpaired) electrons. The molecule has 1 saturated carbocycles. The SMILES string of the molecule is C=CCc1ccc(OCc2nc3ccccc3n2CCC2CCCCC2)c(OC)c1. The summed E-state index contributed by atoms with van der Waals surface area (Å²) in [5.74, 6) is 3.31. The highest BCUT2D eigenvalue weighted by atomic mass is 16.5. The Labute approximate surface area is 179 Å². The van der Waals surface area contributed by atoms with Gasteiger partial charge in [-0.3, -0.25) is 0 Å². The number of hydrogen-bond acceptors (Lipinski definition) is 3. The number of ether oxygens (including phenoxy) is 2. The molecule has 3 aromatic rings. The number of para-hydroxylation sites is 2. The Morgan fingerprint density at radius 2 is 1.93 bits per heavy atom. The lowest BCUT2D eigenvalue weighted by molar-refractivity contribution is 0.267. The maximum atomic E-state index is 6.18. The van der Waals surface area contributed by atoms with E-state index in [1.165, 1.54) is 44.0 Å². The zero-order valence-corrected chi connectivity index (χ0v) is 18.0. The van der Waals surface area contributed by atoms with Crippen molar-refractivity contribution in [3.8, 4) is 11.5 Å². The number of fused-ring (bicyclic) bond motifs is 1. The van der Waals surface area contributed by atoms with E-state index in [-0.39, 0.29) is 0 Å². The average Bonchev–Trinajstić information content (AvgIpc) is 3.15. The van der Waals surface area contributed by atoms with Crippen LogP contribution >= 0.6 is 0 Å². The molecule has 0 aliphatic heterocycles. The van der Waals surface area contributed by atoms with Crippen molar-refractivity contribution < 1.29 is 9.47 Å².